The molecule has 50 valence electrons. The van der Waals surface area contributed by atoms with Crippen molar-refractivity contribution in [2.45, 2.75) is 6.42 Å². The number of hydrogen-bond donors (Lipinski definition) is 0. The van der Waals surface area contributed by atoms with Crippen molar-refractivity contribution in [1.82, 2.24) is 0 Å². The molecular weight excluding hydrogens is 116 g/mol. The van der Waals surface area contributed by atoms with Gasteiger partial charge in [-0.15, -0.1) is 6.58 Å². The Morgan fingerprint density at radius 1 is 1.89 bits per heavy atom. The van der Waals surface area contributed by atoms with Crippen LogP contribution < -0.4 is 0 Å². The molecule has 1 aliphatic heterocycles. The van der Waals surface area contributed by atoms with E-state index in [4.69, 9.17) is 4.74 Å². The van der Waals surface area contributed by atoms with Gasteiger partial charge in [-0.1, -0.05) is 6.08 Å². The first kappa shape index (κ1) is 6.49. The first-order valence-electron chi connectivity index (χ1n) is 3.06. The predicted molar refractivity (Wildman–Crippen MR) is 34.1 cm³/mol. The second-order valence-corrected chi connectivity index (χ2v) is 2.20. The number of rotatable bonds is 2. The van der Waals surface area contributed by atoms with Crippen molar-refractivity contribution < 1.29 is 9.53 Å². The lowest BCUT2D eigenvalue weighted by Crippen LogP contribution is -2.09. The highest BCUT2D eigenvalue weighted by atomic mass is 16.5. The summed E-state index contributed by atoms with van der Waals surface area (Å²) in [6.07, 6.45) is 2.52. The van der Waals surface area contributed by atoms with Crippen molar-refractivity contribution in [2.75, 3.05) is 13.2 Å². The molecule has 0 spiro atoms. The van der Waals surface area contributed by atoms with E-state index < -0.39 is 0 Å². The fraction of sp³-hybridized carbons (Fsp3) is 0.571. The summed E-state index contributed by atoms with van der Waals surface area (Å²) in [6.45, 7) is 4.44. The maximum Gasteiger partial charge on any atom is 0.164 e. The number of Topliss-reactive ketones (excluding diaryl/α,β-unsaturated/α-hetero) is 1. The molecule has 0 bridgehead atoms. The van der Waals surface area contributed by atoms with Crippen molar-refractivity contribution in [2.24, 2.45) is 5.92 Å². The van der Waals surface area contributed by atoms with E-state index in [9.17, 15) is 4.79 Å². The van der Waals surface area contributed by atoms with E-state index in [1.54, 1.807) is 6.08 Å². The number of ketones is 1. The minimum atomic E-state index is 0.0995. The smallest absolute Gasteiger partial charge is 0.164 e. The first-order chi connectivity index (χ1) is 4.34. The molecule has 0 unspecified atom stereocenters. The molecule has 1 saturated heterocycles. The van der Waals surface area contributed by atoms with Gasteiger partial charge in [-0.05, 0) is 6.42 Å². The maximum atomic E-state index is 10.8. The van der Waals surface area contributed by atoms with Gasteiger partial charge in [0.25, 0.3) is 0 Å². The molecule has 2 nitrogen and oxygen atoms in total. The molecule has 1 heterocycles. The van der Waals surface area contributed by atoms with E-state index >= 15 is 0 Å². The largest absolute Gasteiger partial charge is 0.373 e. The zero-order valence-electron chi connectivity index (χ0n) is 5.30. The van der Waals surface area contributed by atoms with Crippen molar-refractivity contribution in [3.8, 4) is 0 Å². The number of ether oxygens (including phenoxy) is 1. The van der Waals surface area contributed by atoms with Crippen LogP contribution in [0.15, 0.2) is 12.7 Å². The number of carbonyl (C=O) groups excluding carboxylic acids is 1. The lowest BCUT2D eigenvalue weighted by molar-refractivity contribution is -0.120. The van der Waals surface area contributed by atoms with Gasteiger partial charge in [-0.2, -0.15) is 0 Å². The van der Waals surface area contributed by atoms with E-state index in [1.165, 1.54) is 0 Å². The van der Waals surface area contributed by atoms with Crippen molar-refractivity contribution >= 4 is 5.78 Å². The van der Waals surface area contributed by atoms with Crippen molar-refractivity contribution in [3.63, 3.8) is 0 Å². The molecule has 0 aromatic carbocycles. The highest BCUT2D eigenvalue weighted by Crippen LogP contribution is 2.12. The third-order valence-electron chi connectivity index (χ3n) is 1.47. The van der Waals surface area contributed by atoms with Crippen LogP contribution >= 0.6 is 0 Å². The Bertz CT molecular complexity index is 129. The molecule has 0 radical (unpaired) electrons. The zero-order valence-corrected chi connectivity index (χ0v) is 5.30. The molecule has 0 aliphatic carbocycles. The quantitative estimate of drug-likeness (QED) is 0.511. The van der Waals surface area contributed by atoms with Gasteiger partial charge >= 0.3 is 0 Å². The van der Waals surface area contributed by atoms with Crippen LogP contribution in [0.4, 0.5) is 0 Å². The van der Waals surface area contributed by atoms with Crippen LogP contribution in [0, 0.1) is 5.92 Å². The standard InChI is InChI=1S/C7H10O2/c1-2-3-6-4-9-5-7(6)8/h2,6H,1,3-5H2/t6-/m1/s1. The lowest BCUT2D eigenvalue weighted by Gasteiger charge is -1.97. The molecule has 0 amide bonds. The monoisotopic (exact) mass is 126 g/mol. The van der Waals surface area contributed by atoms with Crippen LogP contribution in [0.25, 0.3) is 0 Å². The highest BCUT2D eigenvalue weighted by molar-refractivity contribution is 5.83. The van der Waals surface area contributed by atoms with Crippen molar-refractivity contribution in [1.29, 1.82) is 0 Å². The average Bonchev–Trinajstić information content (AvgIpc) is 2.18. The Kier molecular flexibility index (Phi) is 2.01. The van der Waals surface area contributed by atoms with Gasteiger partial charge in [0.2, 0.25) is 0 Å². The number of allylic oxidation sites excluding steroid dienone is 1. The molecule has 1 atom stereocenters. The zero-order chi connectivity index (χ0) is 6.69. The third-order valence-corrected chi connectivity index (χ3v) is 1.47. The maximum absolute atomic E-state index is 10.8. The van der Waals surface area contributed by atoms with E-state index in [1.807, 2.05) is 0 Å². The van der Waals surface area contributed by atoms with Crippen LogP contribution in [-0.4, -0.2) is 19.0 Å². The van der Waals surface area contributed by atoms with Crippen LogP contribution in [0.1, 0.15) is 6.42 Å². The minimum Gasteiger partial charge on any atom is -0.373 e. The molecule has 0 N–H and O–H groups in total. The Morgan fingerprint density at radius 3 is 3.11 bits per heavy atom. The molecule has 2 heteroatoms. The van der Waals surface area contributed by atoms with Crippen LogP contribution in [0.5, 0.6) is 0 Å². The highest BCUT2D eigenvalue weighted by Gasteiger charge is 2.23. The van der Waals surface area contributed by atoms with Gasteiger partial charge < -0.3 is 4.74 Å². The Morgan fingerprint density at radius 2 is 2.67 bits per heavy atom. The predicted octanol–water partition coefficient (Wildman–Crippen LogP) is 0.778. The summed E-state index contributed by atoms with van der Waals surface area (Å²) in [4.78, 5) is 10.8. The summed E-state index contributed by atoms with van der Waals surface area (Å²) >= 11 is 0. The lowest BCUT2D eigenvalue weighted by atomic mass is 10.0. The summed E-state index contributed by atoms with van der Waals surface area (Å²) in [5.41, 5.74) is 0. The molecule has 1 rings (SSSR count). The number of hydrogen-bond acceptors (Lipinski definition) is 2. The molecule has 1 aliphatic rings. The summed E-state index contributed by atoms with van der Waals surface area (Å²) in [5.74, 6) is 0.317. The summed E-state index contributed by atoms with van der Waals surface area (Å²) < 4.78 is 4.92. The second kappa shape index (κ2) is 2.78. The molecule has 0 aromatic rings. The fourth-order valence-electron chi connectivity index (χ4n) is 0.913. The van der Waals surface area contributed by atoms with E-state index in [0.29, 0.717) is 13.2 Å². The average molecular weight is 126 g/mol. The van der Waals surface area contributed by atoms with Gasteiger partial charge in [0.05, 0.1) is 6.61 Å². The van der Waals surface area contributed by atoms with E-state index in [0.717, 1.165) is 6.42 Å². The summed E-state index contributed by atoms with van der Waals surface area (Å²) in [6, 6.07) is 0. The van der Waals surface area contributed by atoms with Gasteiger partial charge in [-0.25, -0.2) is 0 Å². The Labute approximate surface area is 54.5 Å². The van der Waals surface area contributed by atoms with E-state index in [2.05, 4.69) is 6.58 Å². The third kappa shape index (κ3) is 1.39. The minimum absolute atomic E-state index is 0.0995. The molecular formula is C7H10O2. The van der Waals surface area contributed by atoms with Gasteiger partial charge in [0.1, 0.15) is 6.61 Å². The SMILES string of the molecule is C=CC[C@@H]1COCC1=O. The van der Waals surface area contributed by atoms with Crippen LogP contribution in [0.2, 0.25) is 0 Å². The number of carbonyl (C=O) groups is 1. The van der Waals surface area contributed by atoms with Gasteiger partial charge in [0.15, 0.2) is 5.78 Å². The summed E-state index contributed by atoms with van der Waals surface area (Å²) in [7, 11) is 0. The molecule has 0 saturated carbocycles. The fourth-order valence-corrected chi connectivity index (χ4v) is 0.913. The summed E-state index contributed by atoms with van der Waals surface area (Å²) in [5, 5.41) is 0. The second-order valence-electron chi connectivity index (χ2n) is 2.20. The Hall–Kier alpha value is -0.630. The van der Waals surface area contributed by atoms with Gasteiger partial charge in [-0.3, -0.25) is 4.79 Å². The topological polar surface area (TPSA) is 26.3 Å². The first-order valence-corrected chi connectivity index (χ1v) is 3.06. The van der Waals surface area contributed by atoms with E-state index in [-0.39, 0.29) is 11.7 Å². The van der Waals surface area contributed by atoms with Crippen LogP contribution in [-0.2, 0) is 9.53 Å². The molecule has 0 aromatic heterocycles. The van der Waals surface area contributed by atoms with Crippen molar-refractivity contribution in [3.05, 3.63) is 12.7 Å². The molecule has 1 fully saturated rings. The normalized spacial score (nSPS) is 26.7. The Balaban J connectivity index is 2.39. The molecule has 9 heavy (non-hydrogen) atoms. The van der Waals surface area contributed by atoms with Crippen LogP contribution in [0.3, 0.4) is 0 Å². The van der Waals surface area contributed by atoms with Gasteiger partial charge in [0, 0.05) is 5.92 Å².